The third-order valence-corrected chi connectivity index (χ3v) is 8.00. The van der Waals surface area contributed by atoms with E-state index in [4.69, 9.17) is 11.6 Å². The molecule has 0 atom stereocenters. The predicted molar refractivity (Wildman–Crippen MR) is 149 cm³/mol. The van der Waals surface area contributed by atoms with Gasteiger partial charge in [0.2, 0.25) is 10.6 Å². The molecular formula is C27H24ClFN6O3S. The van der Waals surface area contributed by atoms with E-state index in [1.807, 2.05) is 9.47 Å². The van der Waals surface area contributed by atoms with Gasteiger partial charge in [0.15, 0.2) is 0 Å². The zero-order valence-electron chi connectivity index (χ0n) is 21.0. The van der Waals surface area contributed by atoms with Crippen LogP contribution >= 0.6 is 22.9 Å². The normalized spacial score (nSPS) is 15.6. The Morgan fingerprint density at radius 1 is 1.10 bits per heavy atom. The number of aryl methyl sites for hydroxylation is 1. The predicted octanol–water partition coefficient (Wildman–Crippen LogP) is 4.50. The highest BCUT2D eigenvalue weighted by molar-refractivity contribution is 7.15. The lowest BCUT2D eigenvalue weighted by molar-refractivity contribution is 0.0746. The van der Waals surface area contributed by atoms with Crippen molar-refractivity contribution in [2.75, 3.05) is 36.4 Å². The third kappa shape index (κ3) is 4.99. The highest BCUT2D eigenvalue weighted by atomic mass is 35.5. The minimum Gasteiger partial charge on any atom is -0.366 e. The van der Waals surface area contributed by atoms with Crippen LogP contribution in [0.2, 0.25) is 5.02 Å². The first-order chi connectivity index (χ1) is 18.8. The number of halogens is 2. The van der Waals surface area contributed by atoms with Gasteiger partial charge < -0.3 is 14.4 Å². The van der Waals surface area contributed by atoms with Gasteiger partial charge >= 0.3 is 0 Å². The van der Waals surface area contributed by atoms with Gasteiger partial charge in [-0.25, -0.2) is 4.39 Å². The Balaban J connectivity index is 1.28. The maximum absolute atomic E-state index is 15.5. The van der Waals surface area contributed by atoms with Crippen molar-refractivity contribution in [1.29, 1.82) is 0 Å². The molecule has 0 radical (unpaired) electrons. The average molecular weight is 567 g/mol. The van der Waals surface area contributed by atoms with Gasteiger partial charge in [-0.05, 0) is 50.1 Å². The van der Waals surface area contributed by atoms with Crippen LogP contribution < -0.4 is 15.6 Å². The number of piperazine rings is 1. The lowest BCUT2D eigenvalue weighted by Crippen LogP contribution is -2.49. The second-order valence-electron chi connectivity index (χ2n) is 9.70. The van der Waals surface area contributed by atoms with Crippen LogP contribution in [-0.2, 0) is 0 Å². The summed E-state index contributed by atoms with van der Waals surface area (Å²) in [6, 6.07) is 9.87. The number of rotatable bonds is 5. The molecule has 1 saturated carbocycles. The molecule has 4 aromatic rings. The number of amides is 2. The SMILES string of the molecule is Cc1nnc(NC(=O)c2cn(C3CC3)c3cc(N4CCN(C(=O)c5cccc(Cl)c5)CC4)c(F)cc3c2=O)s1. The van der Waals surface area contributed by atoms with Crippen LogP contribution in [0.15, 0.2) is 47.4 Å². The average Bonchev–Trinajstić information content (AvgIpc) is 3.69. The zero-order chi connectivity index (χ0) is 27.3. The molecule has 1 aliphatic heterocycles. The van der Waals surface area contributed by atoms with E-state index < -0.39 is 17.2 Å². The molecule has 0 bridgehead atoms. The molecule has 2 aliphatic rings. The van der Waals surface area contributed by atoms with Gasteiger partial charge in [-0.3, -0.25) is 19.7 Å². The van der Waals surface area contributed by atoms with E-state index in [-0.39, 0.29) is 22.9 Å². The number of fused-ring (bicyclic) bond motifs is 1. The number of aromatic nitrogens is 3. The van der Waals surface area contributed by atoms with E-state index in [1.54, 1.807) is 48.4 Å². The van der Waals surface area contributed by atoms with Gasteiger partial charge in [0.25, 0.3) is 11.8 Å². The number of hydrogen-bond acceptors (Lipinski definition) is 7. The molecule has 39 heavy (non-hydrogen) atoms. The summed E-state index contributed by atoms with van der Waals surface area (Å²) in [6.07, 6.45) is 3.38. The number of carbonyl (C=O) groups is 2. The Morgan fingerprint density at radius 2 is 1.87 bits per heavy atom. The fourth-order valence-corrected chi connectivity index (χ4v) is 5.66. The number of carbonyl (C=O) groups excluding carboxylic acids is 2. The van der Waals surface area contributed by atoms with E-state index in [2.05, 4.69) is 15.5 Å². The van der Waals surface area contributed by atoms with Crippen LogP contribution in [0.4, 0.5) is 15.2 Å². The number of benzene rings is 2. The van der Waals surface area contributed by atoms with Crippen molar-refractivity contribution in [1.82, 2.24) is 19.7 Å². The van der Waals surface area contributed by atoms with E-state index in [1.165, 1.54) is 17.4 Å². The van der Waals surface area contributed by atoms with Crippen LogP contribution in [0.1, 0.15) is 44.6 Å². The van der Waals surface area contributed by atoms with Gasteiger partial charge in [0, 0.05) is 54.4 Å². The van der Waals surface area contributed by atoms with Crippen molar-refractivity contribution >= 4 is 56.5 Å². The first-order valence-electron chi connectivity index (χ1n) is 12.6. The quantitative estimate of drug-likeness (QED) is 0.382. The van der Waals surface area contributed by atoms with Crippen molar-refractivity contribution in [3.05, 3.63) is 79.8 Å². The molecule has 3 heterocycles. The molecule has 0 unspecified atom stereocenters. The minimum atomic E-state index is -0.600. The maximum Gasteiger partial charge on any atom is 0.262 e. The summed E-state index contributed by atoms with van der Waals surface area (Å²) in [5, 5.41) is 12.0. The topological polar surface area (TPSA) is 100 Å². The fourth-order valence-electron chi connectivity index (χ4n) is 4.88. The molecule has 12 heteroatoms. The summed E-state index contributed by atoms with van der Waals surface area (Å²) in [5.41, 5.74) is 0.861. The lowest BCUT2D eigenvalue weighted by atomic mass is 10.1. The van der Waals surface area contributed by atoms with E-state index in [0.29, 0.717) is 58.1 Å². The summed E-state index contributed by atoms with van der Waals surface area (Å²) in [6.45, 7) is 3.47. The summed E-state index contributed by atoms with van der Waals surface area (Å²) in [5.74, 6) is -1.26. The molecular weight excluding hydrogens is 543 g/mol. The standard InChI is InChI=1S/C27H24ClFN6O3S/c1-15-31-32-27(39-15)30-25(37)20-14-35(18-5-6-18)22-13-23(21(29)12-19(22)24(20)36)33-7-9-34(10-8-33)26(38)16-3-2-4-17(28)11-16/h2-4,11-14,18H,5-10H2,1H3,(H,30,32,37). The monoisotopic (exact) mass is 566 g/mol. The van der Waals surface area contributed by atoms with Crippen LogP contribution in [0.5, 0.6) is 0 Å². The number of nitrogens with one attached hydrogen (secondary N) is 1. The molecule has 2 aromatic carbocycles. The Morgan fingerprint density at radius 3 is 2.54 bits per heavy atom. The van der Waals surface area contributed by atoms with Gasteiger partial charge in [-0.1, -0.05) is 29.0 Å². The van der Waals surface area contributed by atoms with Gasteiger partial charge in [0.05, 0.1) is 11.2 Å². The van der Waals surface area contributed by atoms with E-state index in [9.17, 15) is 14.4 Å². The van der Waals surface area contributed by atoms with Gasteiger partial charge in [0.1, 0.15) is 16.4 Å². The number of pyridine rings is 1. The second kappa shape index (κ2) is 10.0. The lowest BCUT2D eigenvalue weighted by Gasteiger charge is -2.36. The smallest absolute Gasteiger partial charge is 0.262 e. The Bertz CT molecular complexity index is 1680. The molecule has 1 aliphatic carbocycles. The molecule has 1 N–H and O–H groups in total. The van der Waals surface area contributed by atoms with Crippen LogP contribution in [0.25, 0.3) is 10.9 Å². The van der Waals surface area contributed by atoms with Crippen LogP contribution in [0.3, 0.4) is 0 Å². The molecule has 2 amide bonds. The summed E-state index contributed by atoms with van der Waals surface area (Å²) in [4.78, 5) is 42.8. The van der Waals surface area contributed by atoms with Crippen molar-refractivity contribution in [3.63, 3.8) is 0 Å². The Hall–Kier alpha value is -3.83. The number of nitrogens with zero attached hydrogens (tertiary/aromatic N) is 5. The first kappa shape index (κ1) is 25.4. The molecule has 9 nitrogen and oxygen atoms in total. The van der Waals surface area contributed by atoms with Crippen LogP contribution in [0, 0.1) is 12.7 Å². The molecule has 200 valence electrons. The third-order valence-electron chi connectivity index (χ3n) is 7.01. The zero-order valence-corrected chi connectivity index (χ0v) is 22.6. The summed E-state index contributed by atoms with van der Waals surface area (Å²) >= 11 is 7.24. The van der Waals surface area contributed by atoms with E-state index in [0.717, 1.165) is 12.8 Å². The molecule has 2 fully saturated rings. The van der Waals surface area contributed by atoms with Crippen LogP contribution in [-0.4, -0.2) is 57.7 Å². The number of hydrogen-bond donors (Lipinski definition) is 1. The molecule has 1 saturated heterocycles. The van der Waals surface area contributed by atoms with Crippen molar-refractivity contribution < 1.29 is 14.0 Å². The minimum absolute atomic E-state index is 0.0671. The first-order valence-corrected chi connectivity index (χ1v) is 13.8. The maximum atomic E-state index is 15.5. The number of anilines is 2. The molecule has 2 aromatic heterocycles. The van der Waals surface area contributed by atoms with Crippen molar-refractivity contribution in [2.24, 2.45) is 0 Å². The Labute approximate surface area is 231 Å². The van der Waals surface area contributed by atoms with Gasteiger partial charge in [-0.15, -0.1) is 10.2 Å². The summed E-state index contributed by atoms with van der Waals surface area (Å²) in [7, 11) is 0. The highest BCUT2D eigenvalue weighted by Gasteiger charge is 2.29. The summed E-state index contributed by atoms with van der Waals surface area (Å²) < 4.78 is 17.4. The van der Waals surface area contributed by atoms with Crippen molar-refractivity contribution in [2.45, 2.75) is 25.8 Å². The largest absolute Gasteiger partial charge is 0.366 e. The molecule has 6 rings (SSSR count). The fraction of sp³-hybridized carbons (Fsp3) is 0.296. The van der Waals surface area contributed by atoms with Gasteiger partial charge in [-0.2, -0.15) is 0 Å². The highest BCUT2D eigenvalue weighted by Crippen LogP contribution is 2.38. The molecule has 0 spiro atoms. The Kier molecular flexibility index (Phi) is 6.56. The van der Waals surface area contributed by atoms with E-state index >= 15 is 4.39 Å². The van der Waals surface area contributed by atoms with Crippen molar-refractivity contribution in [3.8, 4) is 0 Å². The second-order valence-corrected chi connectivity index (χ2v) is 11.3.